The van der Waals surface area contributed by atoms with Gasteiger partial charge in [0.25, 0.3) is 0 Å². The monoisotopic (exact) mass is 304 g/mol. The van der Waals surface area contributed by atoms with Crippen molar-refractivity contribution < 1.29 is 31.5 Å². The van der Waals surface area contributed by atoms with E-state index >= 15 is 0 Å². The molecule has 0 aromatic heterocycles. The Morgan fingerprint density at radius 1 is 1.14 bits per heavy atom. The molecule has 0 aliphatic carbocycles. The van der Waals surface area contributed by atoms with Crippen LogP contribution in [0, 0.1) is 0 Å². The van der Waals surface area contributed by atoms with Gasteiger partial charge < -0.3 is 4.74 Å². The molecule has 1 heterocycles. The highest BCUT2D eigenvalue weighted by atomic mass is 19.4. The molecule has 7 heteroatoms. The van der Waals surface area contributed by atoms with Crippen LogP contribution < -0.4 is 0 Å². The first-order valence-electron chi connectivity index (χ1n) is 5.81. The summed E-state index contributed by atoms with van der Waals surface area (Å²) in [6.45, 7) is 0. The molecule has 0 fully saturated rings. The molecule has 1 aromatic rings. The molecule has 0 saturated heterocycles. The Morgan fingerprint density at radius 3 is 2.33 bits per heavy atom. The molecular weight excluding hydrogens is 295 g/mol. The second-order valence-corrected chi connectivity index (χ2v) is 4.34. The van der Waals surface area contributed by atoms with Gasteiger partial charge in [-0.05, 0) is 29.8 Å². The van der Waals surface area contributed by atoms with Crippen molar-refractivity contribution in [2.75, 3.05) is 0 Å². The molecule has 0 bridgehead atoms. The average Bonchev–Trinajstić information content (AvgIpc) is 2.39. The maximum Gasteiger partial charge on any atom is 0.416 e. The van der Waals surface area contributed by atoms with E-state index in [4.69, 9.17) is 0 Å². The minimum absolute atomic E-state index is 0.282. The van der Waals surface area contributed by atoms with Crippen molar-refractivity contribution in [3.8, 4) is 0 Å². The molecule has 0 unspecified atom stereocenters. The van der Waals surface area contributed by atoms with Crippen molar-refractivity contribution in [3.63, 3.8) is 0 Å². The average molecular weight is 304 g/mol. The molecular formula is C14H9F5O2. The van der Waals surface area contributed by atoms with Crippen LogP contribution in [0.15, 0.2) is 42.5 Å². The Hall–Kier alpha value is -2.18. The summed E-state index contributed by atoms with van der Waals surface area (Å²) < 4.78 is 68.3. The van der Waals surface area contributed by atoms with Crippen LogP contribution in [0.1, 0.15) is 11.1 Å². The molecule has 1 aromatic carbocycles. The van der Waals surface area contributed by atoms with Gasteiger partial charge in [0.15, 0.2) is 6.10 Å². The Labute approximate surface area is 116 Å². The minimum atomic E-state index is -4.46. The summed E-state index contributed by atoms with van der Waals surface area (Å²) in [5, 5.41) is 0. The van der Waals surface area contributed by atoms with Gasteiger partial charge >= 0.3 is 18.1 Å². The van der Waals surface area contributed by atoms with Gasteiger partial charge in [0.1, 0.15) is 0 Å². The summed E-state index contributed by atoms with van der Waals surface area (Å²) in [5.41, 5.74) is -0.554. The molecule has 21 heavy (non-hydrogen) atoms. The number of carbonyl (C=O) groups excluding carboxylic acids is 1. The fourth-order valence-corrected chi connectivity index (χ4v) is 1.67. The quantitative estimate of drug-likeness (QED) is 0.613. The van der Waals surface area contributed by atoms with Gasteiger partial charge in [-0.2, -0.15) is 22.0 Å². The number of rotatable bonds is 2. The first kappa shape index (κ1) is 15.2. The van der Waals surface area contributed by atoms with Gasteiger partial charge in [-0.3, -0.25) is 0 Å². The molecule has 2 rings (SSSR count). The fourth-order valence-electron chi connectivity index (χ4n) is 1.67. The third-order valence-corrected chi connectivity index (χ3v) is 2.77. The van der Waals surface area contributed by atoms with Crippen LogP contribution in [-0.2, 0) is 15.7 Å². The van der Waals surface area contributed by atoms with E-state index in [1.165, 1.54) is 6.08 Å². The van der Waals surface area contributed by atoms with Crippen molar-refractivity contribution in [1.82, 2.24) is 0 Å². The molecule has 0 saturated carbocycles. The van der Waals surface area contributed by atoms with E-state index in [9.17, 15) is 26.7 Å². The van der Waals surface area contributed by atoms with E-state index in [-0.39, 0.29) is 5.56 Å². The van der Waals surface area contributed by atoms with Crippen LogP contribution in [0.4, 0.5) is 22.0 Å². The summed E-state index contributed by atoms with van der Waals surface area (Å²) >= 11 is 0. The summed E-state index contributed by atoms with van der Waals surface area (Å²) in [6, 6.07) is 3.95. The molecule has 0 amide bonds. The number of carbonyl (C=O) groups is 1. The maximum atomic E-state index is 13.4. The molecule has 0 N–H and O–H groups in total. The first-order valence-corrected chi connectivity index (χ1v) is 5.81. The van der Waals surface area contributed by atoms with Crippen LogP contribution in [0.2, 0.25) is 0 Å². The SMILES string of the molecule is O=C1C=CC(F)(F)[C@@H](/C=C/c2ccc(C(F)(F)F)cc2)O1. The lowest BCUT2D eigenvalue weighted by atomic mass is 10.1. The predicted octanol–water partition coefficient (Wildman–Crippen LogP) is 3.84. The zero-order valence-electron chi connectivity index (χ0n) is 10.4. The first-order chi connectivity index (χ1) is 9.68. The zero-order valence-corrected chi connectivity index (χ0v) is 10.4. The lowest BCUT2D eigenvalue weighted by Gasteiger charge is -2.24. The second-order valence-electron chi connectivity index (χ2n) is 4.34. The van der Waals surface area contributed by atoms with Gasteiger partial charge in [-0.15, -0.1) is 0 Å². The number of esters is 1. The summed E-state index contributed by atoms with van der Waals surface area (Å²) in [4.78, 5) is 10.9. The number of hydrogen-bond acceptors (Lipinski definition) is 2. The molecule has 1 aliphatic heterocycles. The largest absolute Gasteiger partial charge is 0.448 e. The van der Waals surface area contributed by atoms with E-state index < -0.39 is 29.7 Å². The van der Waals surface area contributed by atoms with Crippen LogP contribution in [0.3, 0.4) is 0 Å². The number of benzene rings is 1. The van der Waals surface area contributed by atoms with Gasteiger partial charge in [0.05, 0.1) is 5.56 Å². The number of alkyl halides is 5. The fraction of sp³-hybridized carbons (Fsp3) is 0.214. The molecule has 0 spiro atoms. The van der Waals surface area contributed by atoms with E-state index in [2.05, 4.69) is 4.74 Å². The lowest BCUT2D eigenvalue weighted by Crippen LogP contribution is -2.37. The van der Waals surface area contributed by atoms with Gasteiger partial charge in [-0.1, -0.05) is 18.2 Å². The third kappa shape index (κ3) is 3.68. The highest BCUT2D eigenvalue weighted by Gasteiger charge is 2.41. The second kappa shape index (κ2) is 5.31. The zero-order chi connectivity index (χ0) is 15.7. The van der Waals surface area contributed by atoms with E-state index in [0.29, 0.717) is 12.2 Å². The van der Waals surface area contributed by atoms with E-state index in [1.54, 1.807) is 0 Å². The predicted molar refractivity (Wildman–Crippen MR) is 64.4 cm³/mol. The molecule has 0 radical (unpaired) electrons. The van der Waals surface area contributed by atoms with Crippen LogP contribution in [0.5, 0.6) is 0 Å². The summed E-state index contributed by atoms with van der Waals surface area (Å²) in [6.07, 6.45) is -3.07. The smallest absolute Gasteiger partial charge is 0.416 e. The van der Waals surface area contributed by atoms with E-state index in [0.717, 1.165) is 30.3 Å². The Morgan fingerprint density at radius 2 is 1.76 bits per heavy atom. The highest BCUT2D eigenvalue weighted by molar-refractivity contribution is 5.83. The van der Waals surface area contributed by atoms with Crippen molar-refractivity contribution in [1.29, 1.82) is 0 Å². The van der Waals surface area contributed by atoms with Crippen LogP contribution in [0.25, 0.3) is 6.08 Å². The molecule has 1 atom stereocenters. The maximum absolute atomic E-state index is 13.4. The number of ether oxygens (including phenoxy) is 1. The molecule has 2 nitrogen and oxygen atoms in total. The number of cyclic esters (lactones) is 1. The van der Waals surface area contributed by atoms with Crippen molar-refractivity contribution in [3.05, 3.63) is 53.6 Å². The third-order valence-electron chi connectivity index (χ3n) is 2.77. The number of hydrogen-bond donors (Lipinski definition) is 0. The Bertz CT molecular complexity index is 584. The van der Waals surface area contributed by atoms with Gasteiger partial charge in [-0.25, -0.2) is 4.79 Å². The van der Waals surface area contributed by atoms with Gasteiger partial charge in [0, 0.05) is 6.08 Å². The van der Waals surface area contributed by atoms with Crippen molar-refractivity contribution in [2.45, 2.75) is 18.2 Å². The lowest BCUT2D eigenvalue weighted by molar-refractivity contribution is -0.157. The summed E-state index contributed by atoms with van der Waals surface area (Å²) in [5.74, 6) is -4.25. The van der Waals surface area contributed by atoms with Crippen molar-refractivity contribution in [2.24, 2.45) is 0 Å². The summed E-state index contributed by atoms with van der Waals surface area (Å²) in [7, 11) is 0. The van der Waals surface area contributed by atoms with Crippen LogP contribution >= 0.6 is 0 Å². The van der Waals surface area contributed by atoms with E-state index in [1.807, 2.05) is 0 Å². The van der Waals surface area contributed by atoms with Crippen LogP contribution in [-0.4, -0.2) is 18.0 Å². The minimum Gasteiger partial charge on any atom is -0.448 e. The normalized spacial score (nSPS) is 21.6. The highest BCUT2D eigenvalue weighted by Crippen LogP contribution is 2.30. The number of halogens is 5. The topological polar surface area (TPSA) is 26.3 Å². The van der Waals surface area contributed by atoms with Crippen molar-refractivity contribution >= 4 is 12.0 Å². The molecule has 1 aliphatic rings. The molecule has 112 valence electrons. The van der Waals surface area contributed by atoms with Gasteiger partial charge in [0.2, 0.25) is 0 Å². The Kier molecular flexibility index (Phi) is 3.85. The standard InChI is InChI=1S/C14H9F5O2/c15-13(16)8-7-12(20)21-11(13)6-3-9-1-4-10(5-2-9)14(17,18)19/h1-8,11H/b6-3+/t11-/m1/s1. The Balaban J connectivity index is 2.14.